The van der Waals surface area contributed by atoms with E-state index in [1.165, 1.54) is 0 Å². The Morgan fingerprint density at radius 1 is 1.24 bits per heavy atom. The lowest BCUT2D eigenvalue weighted by molar-refractivity contribution is -0.119. The molecule has 1 saturated heterocycles. The molecule has 0 aliphatic carbocycles. The fourth-order valence-electron chi connectivity index (χ4n) is 4.06. The van der Waals surface area contributed by atoms with E-state index in [1.807, 2.05) is 43.5 Å². The summed E-state index contributed by atoms with van der Waals surface area (Å²) < 4.78 is 1.72. The Morgan fingerprint density at radius 2 is 2.12 bits per heavy atom. The molecule has 0 bridgehead atoms. The molecule has 0 saturated carbocycles. The van der Waals surface area contributed by atoms with Crippen LogP contribution in [0.5, 0.6) is 0 Å². The molecule has 8 nitrogen and oxygen atoms in total. The summed E-state index contributed by atoms with van der Waals surface area (Å²) in [7, 11) is 0. The molecule has 164 valence electrons. The van der Waals surface area contributed by atoms with E-state index < -0.39 is 0 Å². The van der Waals surface area contributed by atoms with Gasteiger partial charge in [-0.2, -0.15) is 10.4 Å². The second-order valence-corrected chi connectivity index (χ2v) is 8.46. The SMILES string of the molecule is Cc1cc(-c2c(-c3cccc(C#N)c3)nn3ccc(NCC4CNC(=O)C4)nc23)cc(Cl)n1. The first kappa shape index (κ1) is 20.9. The Kier molecular flexibility index (Phi) is 5.40. The number of benzene rings is 1. The number of amides is 1. The average Bonchev–Trinajstić information content (AvgIpc) is 3.40. The third-order valence-electron chi connectivity index (χ3n) is 5.59. The standard InChI is InChI=1S/C24H20ClN7O/c1-14-7-18(10-19(25)29-14)22-23(17-4-2-3-15(8-17)11-26)31-32-6-5-20(30-24(22)32)27-12-16-9-21(33)28-13-16/h2-8,10,16H,9,12-13H2,1H3,(H,27,30)(H,28,33). The van der Waals surface area contributed by atoms with Gasteiger partial charge in [0.05, 0.1) is 17.2 Å². The van der Waals surface area contributed by atoms with Crippen LogP contribution in [0.25, 0.3) is 28.0 Å². The molecule has 1 aliphatic rings. The summed E-state index contributed by atoms with van der Waals surface area (Å²) in [6, 6.07) is 15.1. The number of carbonyl (C=O) groups is 1. The number of nitrogens with zero attached hydrogens (tertiary/aromatic N) is 5. The summed E-state index contributed by atoms with van der Waals surface area (Å²) >= 11 is 6.28. The predicted octanol–water partition coefficient (Wildman–Crippen LogP) is 3.84. The van der Waals surface area contributed by atoms with Gasteiger partial charge in [-0.3, -0.25) is 4.79 Å². The van der Waals surface area contributed by atoms with Gasteiger partial charge in [-0.1, -0.05) is 23.7 Å². The highest BCUT2D eigenvalue weighted by Gasteiger charge is 2.22. The van der Waals surface area contributed by atoms with Gasteiger partial charge in [-0.25, -0.2) is 14.5 Å². The van der Waals surface area contributed by atoms with Crippen LogP contribution in [-0.4, -0.2) is 38.6 Å². The van der Waals surface area contributed by atoms with Crippen molar-refractivity contribution in [3.63, 3.8) is 0 Å². The molecular weight excluding hydrogens is 438 g/mol. The summed E-state index contributed by atoms with van der Waals surface area (Å²) in [6.07, 6.45) is 2.36. The van der Waals surface area contributed by atoms with E-state index in [0.717, 1.165) is 22.4 Å². The van der Waals surface area contributed by atoms with Crippen molar-refractivity contribution in [2.24, 2.45) is 5.92 Å². The van der Waals surface area contributed by atoms with Crippen LogP contribution in [0, 0.1) is 24.2 Å². The molecule has 1 fully saturated rings. The number of aromatic nitrogens is 4. The van der Waals surface area contributed by atoms with Crippen molar-refractivity contribution in [2.45, 2.75) is 13.3 Å². The molecule has 0 radical (unpaired) electrons. The van der Waals surface area contributed by atoms with Crippen molar-refractivity contribution >= 4 is 29.0 Å². The molecule has 4 aromatic rings. The molecule has 3 aromatic heterocycles. The van der Waals surface area contributed by atoms with E-state index in [4.69, 9.17) is 21.7 Å². The van der Waals surface area contributed by atoms with Crippen LogP contribution in [0.1, 0.15) is 17.7 Å². The first-order valence-electron chi connectivity index (χ1n) is 10.6. The molecule has 4 heterocycles. The van der Waals surface area contributed by atoms with Gasteiger partial charge in [0.25, 0.3) is 0 Å². The molecule has 9 heteroatoms. The zero-order valence-electron chi connectivity index (χ0n) is 17.8. The van der Waals surface area contributed by atoms with Crippen LogP contribution < -0.4 is 10.6 Å². The number of halogens is 1. The number of hydrogen-bond donors (Lipinski definition) is 2. The van der Waals surface area contributed by atoms with Gasteiger partial charge < -0.3 is 10.6 Å². The van der Waals surface area contributed by atoms with Gasteiger partial charge in [0.15, 0.2) is 5.65 Å². The molecule has 1 unspecified atom stereocenters. The van der Waals surface area contributed by atoms with Gasteiger partial charge in [0.2, 0.25) is 5.91 Å². The topological polar surface area (TPSA) is 108 Å². The van der Waals surface area contributed by atoms with Gasteiger partial charge in [-0.05, 0) is 42.8 Å². The maximum absolute atomic E-state index is 11.5. The van der Waals surface area contributed by atoms with Crippen molar-refractivity contribution in [3.8, 4) is 28.5 Å². The number of fused-ring (bicyclic) bond motifs is 1. The second-order valence-electron chi connectivity index (χ2n) is 8.07. The molecule has 5 rings (SSSR count). The van der Waals surface area contributed by atoms with Crippen LogP contribution in [-0.2, 0) is 4.79 Å². The minimum Gasteiger partial charge on any atom is -0.370 e. The van der Waals surface area contributed by atoms with E-state index in [2.05, 4.69) is 21.7 Å². The monoisotopic (exact) mass is 457 g/mol. The largest absolute Gasteiger partial charge is 0.370 e. The smallest absolute Gasteiger partial charge is 0.220 e. The van der Waals surface area contributed by atoms with E-state index >= 15 is 0 Å². The van der Waals surface area contributed by atoms with Crippen LogP contribution in [0.3, 0.4) is 0 Å². The lowest BCUT2D eigenvalue weighted by atomic mass is 10.00. The quantitative estimate of drug-likeness (QED) is 0.441. The number of hydrogen-bond acceptors (Lipinski definition) is 6. The number of aryl methyl sites for hydroxylation is 1. The molecule has 0 spiro atoms. The summed E-state index contributed by atoms with van der Waals surface area (Å²) in [5.41, 5.74) is 5.14. The Balaban J connectivity index is 1.63. The molecule has 1 amide bonds. The maximum atomic E-state index is 11.5. The van der Waals surface area contributed by atoms with Gasteiger partial charge in [0.1, 0.15) is 16.7 Å². The Hall–Kier alpha value is -3.96. The highest BCUT2D eigenvalue weighted by molar-refractivity contribution is 6.29. The number of anilines is 1. The Morgan fingerprint density at radius 3 is 2.88 bits per heavy atom. The zero-order chi connectivity index (χ0) is 22.9. The van der Waals surface area contributed by atoms with Crippen molar-refractivity contribution in [1.29, 1.82) is 5.26 Å². The van der Waals surface area contributed by atoms with Crippen LogP contribution in [0.15, 0.2) is 48.7 Å². The van der Waals surface area contributed by atoms with E-state index in [0.29, 0.717) is 47.4 Å². The lowest BCUT2D eigenvalue weighted by Crippen LogP contribution is -2.18. The van der Waals surface area contributed by atoms with Crippen molar-refractivity contribution < 1.29 is 4.79 Å². The molecular formula is C24H20ClN7O. The maximum Gasteiger partial charge on any atom is 0.220 e. The first-order valence-corrected chi connectivity index (χ1v) is 10.9. The van der Waals surface area contributed by atoms with E-state index in [9.17, 15) is 10.1 Å². The third kappa shape index (κ3) is 4.23. The lowest BCUT2D eigenvalue weighted by Gasteiger charge is -2.10. The number of pyridine rings is 1. The van der Waals surface area contributed by atoms with Gasteiger partial charge in [0, 0.05) is 42.9 Å². The summed E-state index contributed by atoms with van der Waals surface area (Å²) in [6.45, 7) is 3.19. The van der Waals surface area contributed by atoms with Gasteiger partial charge in [-0.15, -0.1) is 0 Å². The highest BCUT2D eigenvalue weighted by atomic mass is 35.5. The van der Waals surface area contributed by atoms with Crippen molar-refractivity contribution in [1.82, 2.24) is 24.9 Å². The van der Waals surface area contributed by atoms with E-state index in [1.54, 1.807) is 16.6 Å². The third-order valence-corrected chi connectivity index (χ3v) is 5.79. The summed E-state index contributed by atoms with van der Waals surface area (Å²) in [5.74, 6) is 1.00. The highest BCUT2D eigenvalue weighted by Crippen LogP contribution is 2.36. The van der Waals surface area contributed by atoms with Crippen molar-refractivity contribution in [2.75, 3.05) is 18.4 Å². The van der Waals surface area contributed by atoms with E-state index in [-0.39, 0.29) is 11.8 Å². The van der Waals surface area contributed by atoms with Crippen LogP contribution in [0.4, 0.5) is 5.82 Å². The summed E-state index contributed by atoms with van der Waals surface area (Å²) in [4.78, 5) is 20.6. The molecule has 1 atom stereocenters. The average molecular weight is 458 g/mol. The second kappa shape index (κ2) is 8.52. The molecule has 33 heavy (non-hydrogen) atoms. The summed E-state index contributed by atoms with van der Waals surface area (Å²) in [5, 5.41) is 20.7. The van der Waals surface area contributed by atoms with Gasteiger partial charge >= 0.3 is 0 Å². The zero-order valence-corrected chi connectivity index (χ0v) is 18.6. The van der Waals surface area contributed by atoms with Crippen LogP contribution >= 0.6 is 11.6 Å². The minimum absolute atomic E-state index is 0.0810. The molecule has 1 aromatic carbocycles. The molecule has 2 N–H and O–H groups in total. The number of rotatable bonds is 5. The Labute approximate surface area is 195 Å². The number of nitriles is 1. The fourth-order valence-corrected chi connectivity index (χ4v) is 4.31. The number of nitrogens with one attached hydrogen (secondary N) is 2. The predicted molar refractivity (Wildman–Crippen MR) is 126 cm³/mol. The van der Waals surface area contributed by atoms with Crippen LogP contribution in [0.2, 0.25) is 5.15 Å². The first-order chi connectivity index (χ1) is 16.0. The molecule has 1 aliphatic heterocycles. The van der Waals surface area contributed by atoms with Crippen molar-refractivity contribution in [3.05, 3.63) is 65.1 Å². The Bertz CT molecular complexity index is 1400. The minimum atomic E-state index is 0.0810. The normalized spacial score (nSPS) is 15.4. The fraction of sp³-hybridized carbons (Fsp3) is 0.208. The number of carbonyl (C=O) groups excluding carboxylic acids is 1.